The molecule has 3 aliphatic rings. The number of fused-ring (bicyclic) bond motifs is 3. The molecule has 0 spiro atoms. The number of hydrogen-bond donors (Lipinski definition) is 3. The summed E-state index contributed by atoms with van der Waals surface area (Å²) in [5.74, 6) is -0.719. The maximum atomic E-state index is 12.5. The zero-order chi connectivity index (χ0) is 23.7. The fraction of sp³-hybridized carbons (Fsp3) is 0.444. The van der Waals surface area contributed by atoms with Crippen molar-refractivity contribution in [1.82, 2.24) is 10.6 Å². The Bertz CT molecular complexity index is 1050. The summed E-state index contributed by atoms with van der Waals surface area (Å²) in [6.45, 7) is 0.273. The molecule has 2 amide bonds. The van der Waals surface area contributed by atoms with Gasteiger partial charge < -0.3 is 20.5 Å². The van der Waals surface area contributed by atoms with Gasteiger partial charge in [-0.05, 0) is 60.3 Å². The molecular weight excluding hydrogens is 432 g/mol. The van der Waals surface area contributed by atoms with Crippen LogP contribution in [0, 0.1) is 11.8 Å². The van der Waals surface area contributed by atoms with E-state index >= 15 is 0 Å². The summed E-state index contributed by atoms with van der Waals surface area (Å²) in [7, 11) is 0. The van der Waals surface area contributed by atoms with E-state index in [4.69, 9.17) is 9.84 Å². The molecule has 0 saturated heterocycles. The van der Waals surface area contributed by atoms with Crippen LogP contribution in [0.1, 0.15) is 55.6 Å². The quantitative estimate of drug-likeness (QED) is 0.576. The second kappa shape index (κ2) is 9.49. The molecule has 0 aromatic heterocycles. The van der Waals surface area contributed by atoms with E-state index in [1.807, 2.05) is 24.3 Å². The van der Waals surface area contributed by atoms with Gasteiger partial charge in [0.1, 0.15) is 6.61 Å². The average Bonchev–Trinajstić information content (AvgIpc) is 3.35. The van der Waals surface area contributed by atoms with Gasteiger partial charge in [0.25, 0.3) is 0 Å². The molecule has 0 aliphatic heterocycles. The number of hydrogen-bond acceptors (Lipinski definition) is 4. The minimum atomic E-state index is -0.780. The number of aliphatic carboxylic acids is 1. The molecule has 0 radical (unpaired) electrons. The topological polar surface area (TPSA) is 105 Å². The summed E-state index contributed by atoms with van der Waals surface area (Å²) in [5.41, 5.74) is 4.73. The van der Waals surface area contributed by atoms with Crippen molar-refractivity contribution in [2.75, 3.05) is 6.61 Å². The molecule has 2 aromatic rings. The third-order valence-corrected chi connectivity index (χ3v) is 7.53. The van der Waals surface area contributed by atoms with Crippen molar-refractivity contribution >= 4 is 18.0 Å². The van der Waals surface area contributed by atoms with Crippen LogP contribution < -0.4 is 10.6 Å². The fourth-order valence-electron chi connectivity index (χ4n) is 5.71. The number of nitrogens with one attached hydrogen (secondary N) is 2. The second-order valence-corrected chi connectivity index (χ2v) is 9.82. The first-order chi connectivity index (χ1) is 16.5. The number of carbonyl (C=O) groups is 3. The summed E-state index contributed by atoms with van der Waals surface area (Å²) >= 11 is 0. The highest BCUT2D eigenvalue weighted by molar-refractivity contribution is 5.81. The zero-order valence-corrected chi connectivity index (χ0v) is 19.0. The number of benzene rings is 2. The van der Waals surface area contributed by atoms with E-state index in [1.54, 1.807) is 0 Å². The zero-order valence-electron chi connectivity index (χ0n) is 19.0. The summed E-state index contributed by atoms with van der Waals surface area (Å²) in [4.78, 5) is 35.8. The predicted octanol–water partition coefficient (Wildman–Crippen LogP) is 4.06. The van der Waals surface area contributed by atoms with Gasteiger partial charge in [-0.1, -0.05) is 48.5 Å². The minimum Gasteiger partial charge on any atom is -0.481 e. The first-order valence-electron chi connectivity index (χ1n) is 12.1. The predicted molar refractivity (Wildman–Crippen MR) is 126 cm³/mol. The molecule has 7 nitrogen and oxygen atoms in total. The number of carboxylic acid groups (broad SMARTS) is 1. The van der Waals surface area contributed by atoms with Crippen molar-refractivity contribution < 1.29 is 24.2 Å². The normalized spacial score (nSPS) is 25.1. The van der Waals surface area contributed by atoms with Gasteiger partial charge in [-0.15, -0.1) is 0 Å². The van der Waals surface area contributed by atoms with Gasteiger partial charge >= 0.3 is 12.1 Å². The number of alkyl carbamates (subject to hydrolysis) is 1. The highest BCUT2D eigenvalue weighted by Crippen LogP contribution is 2.44. The number of carbonyl (C=O) groups excluding carboxylic acids is 2. The Hall–Kier alpha value is -3.35. The van der Waals surface area contributed by atoms with E-state index < -0.39 is 12.1 Å². The maximum Gasteiger partial charge on any atom is 0.407 e. The molecule has 0 bridgehead atoms. The Balaban J connectivity index is 1.06. The number of ether oxygens (including phenoxy) is 1. The van der Waals surface area contributed by atoms with E-state index in [9.17, 15) is 14.4 Å². The molecule has 2 atom stereocenters. The van der Waals surface area contributed by atoms with Crippen molar-refractivity contribution in [2.45, 2.75) is 56.5 Å². The maximum absolute atomic E-state index is 12.5. The number of rotatable bonds is 7. The van der Waals surface area contributed by atoms with E-state index in [-0.39, 0.29) is 48.8 Å². The third kappa shape index (κ3) is 4.65. The van der Waals surface area contributed by atoms with Gasteiger partial charge in [-0.3, -0.25) is 9.59 Å². The number of carboxylic acids is 1. The van der Waals surface area contributed by atoms with Crippen molar-refractivity contribution in [1.29, 1.82) is 0 Å². The molecular formula is C27H30N2O5. The molecule has 2 aromatic carbocycles. The molecule has 3 N–H and O–H groups in total. The fourth-order valence-corrected chi connectivity index (χ4v) is 5.71. The van der Waals surface area contributed by atoms with Crippen molar-refractivity contribution in [2.24, 2.45) is 11.8 Å². The molecule has 3 aliphatic carbocycles. The van der Waals surface area contributed by atoms with E-state index in [0.717, 1.165) is 19.3 Å². The lowest BCUT2D eigenvalue weighted by Gasteiger charge is -2.35. The lowest BCUT2D eigenvalue weighted by Crippen LogP contribution is -2.50. The Morgan fingerprint density at radius 3 is 2.15 bits per heavy atom. The van der Waals surface area contributed by atoms with Crippen molar-refractivity contribution in [3.63, 3.8) is 0 Å². The standard InChI is InChI=1S/C27H30N2O5/c30-25(31)12-16-9-10-18(11-16)28-26(32)17-13-19(14-17)29-27(33)34-15-24-22-7-3-1-5-20(22)21-6-2-4-8-23(21)24/h1-8,16-19,24H,9-15H2,(H,28,32)(H,29,33)(H,30,31)/t16-,17?,18+,19?/m1/s1. The van der Waals surface area contributed by atoms with Crippen LogP contribution in [0.25, 0.3) is 11.1 Å². The minimum absolute atomic E-state index is 0.00608. The molecule has 34 heavy (non-hydrogen) atoms. The Kier molecular flexibility index (Phi) is 6.26. The van der Waals surface area contributed by atoms with Gasteiger partial charge in [-0.2, -0.15) is 0 Å². The molecule has 5 rings (SSSR count). The van der Waals surface area contributed by atoms with Crippen LogP contribution in [0.4, 0.5) is 4.79 Å². The first kappa shape index (κ1) is 22.4. The highest BCUT2D eigenvalue weighted by Gasteiger charge is 2.38. The van der Waals surface area contributed by atoms with Gasteiger partial charge in [0, 0.05) is 30.3 Å². The summed E-state index contributed by atoms with van der Waals surface area (Å²) in [6, 6.07) is 16.4. The van der Waals surface area contributed by atoms with Crippen LogP contribution in [-0.2, 0) is 14.3 Å². The van der Waals surface area contributed by atoms with Crippen molar-refractivity contribution in [3.8, 4) is 11.1 Å². The summed E-state index contributed by atoms with van der Waals surface area (Å²) in [6.07, 6.45) is 3.32. The Morgan fingerprint density at radius 2 is 1.50 bits per heavy atom. The SMILES string of the molecule is O=C(O)C[C@@H]1CC[C@H](NC(=O)C2CC(NC(=O)OCC3c4ccccc4-c4ccccc43)C2)C1. The molecule has 0 unspecified atom stereocenters. The monoisotopic (exact) mass is 462 g/mol. The average molecular weight is 463 g/mol. The van der Waals surface area contributed by atoms with Gasteiger partial charge in [-0.25, -0.2) is 4.79 Å². The second-order valence-electron chi connectivity index (χ2n) is 9.82. The van der Waals surface area contributed by atoms with E-state index in [0.29, 0.717) is 12.8 Å². The van der Waals surface area contributed by atoms with Crippen LogP contribution >= 0.6 is 0 Å². The highest BCUT2D eigenvalue weighted by atomic mass is 16.5. The van der Waals surface area contributed by atoms with Crippen LogP contribution in [0.5, 0.6) is 0 Å². The first-order valence-corrected chi connectivity index (χ1v) is 12.1. The van der Waals surface area contributed by atoms with Gasteiger partial charge in [0.15, 0.2) is 0 Å². The van der Waals surface area contributed by atoms with Crippen molar-refractivity contribution in [3.05, 3.63) is 59.7 Å². The molecule has 2 saturated carbocycles. The Labute approximate surface area is 198 Å². The van der Waals surface area contributed by atoms with Crippen LogP contribution in [-0.4, -0.2) is 41.8 Å². The Morgan fingerprint density at radius 1 is 0.853 bits per heavy atom. The van der Waals surface area contributed by atoms with E-state index in [2.05, 4.69) is 34.9 Å². The third-order valence-electron chi connectivity index (χ3n) is 7.53. The summed E-state index contributed by atoms with van der Waals surface area (Å²) < 4.78 is 5.59. The number of amides is 2. The van der Waals surface area contributed by atoms with Crippen LogP contribution in [0.15, 0.2) is 48.5 Å². The molecule has 2 fully saturated rings. The van der Waals surface area contributed by atoms with E-state index in [1.165, 1.54) is 22.3 Å². The smallest absolute Gasteiger partial charge is 0.407 e. The summed E-state index contributed by atoms with van der Waals surface area (Å²) in [5, 5.41) is 14.9. The van der Waals surface area contributed by atoms with Gasteiger partial charge in [0.2, 0.25) is 5.91 Å². The molecule has 178 valence electrons. The largest absolute Gasteiger partial charge is 0.481 e. The van der Waals surface area contributed by atoms with Crippen LogP contribution in [0.3, 0.4) is 0 Å². The van der Waals surface area contributed by atoms with Gasteiger partial charge in [0.05, 0.1) is 0 Å². The lowest BCUT2D eigenvalue weighted by molar-refractivity contribution is -0.138. The molecule has 7 heteroatoms. The molecule has 0 heterocycles. The lowest BCUT2D eigenvalue weighted by atomic mass is 9.79. The van der Waals surface area contributed by atoms with Crippen LogP contribution in [0.2, 0.25) is 0 Å².